The number of nitrogens with two attached hydrogens (primary N) is 1. The van der Waals surface area contributed by atoms with Gasteiger partial charge in [0, 0.05) is 40.2 Å². The third-order valence-electron chi connectivity index (χ3n) is 6.20. The Hall–Kier alpha value is -4.63. The van der Waals surface area contributed by atoms with E-state index in [4.69, 9.17) is 10.5 Å². The number of hydrogen-bond acceptors (Lipinski definition) is 6. The third-order valence-corrected chi connectivity index (χ3v) is 7.87. The molecule has 0 saturated heterocycles. The number of carbonyl (C=O) groups is 1. The van der Waals surface area contributed by atoms with Crippen molar-refractivity contribution in [2.45, 2.75) is 11.8 Å². The Bertz CT molecular complexity index is 1770. The van der Waals surface area contributed by atoms with Crippen LogP contribution < -0.4 is 10.5 Å². The van der Waals surface area contributed by atoms with Crippen LogP contribution in [0.1, 0.15) is 15.9 Å². The van der Waals surface area contributed by atoms with Gasteiger partial charge in [-0.05, 0) is 48.9 Å². The summed E-state index contributed by atoms with van der Waals surface area (Å²) in [4.78, 5) is 16.3. The fourth-order valence-electron chi connectivity index (χ4n) is 4.25. The molecule has 0 spiro atoms. The lowest BCUT2D eigenvalue weighted by molar-refractivity contribution is 0.0698. The van der Waals surface area contributed by atoms with E-state index in [0.29, 0.717) is 33.4 Å². The minimum absolute atomic E-state index is 0.0259. The van der Waals surface area contributed by atoms with Gasteiger partial charge in [0.25, 0.3) is 10.0 Å². The number of aryl methyl sites for hydroxylation is 1. The van der Waals surface area contributed by atoms with Crippen molar-refractivity contribution < 1.29 is 23.1 Å². The molecule has 5 aromatic rings. The quantitative estimate of drug-likeness (QED) is 0.299. The van der Waals surface area contributed by atoms with Gasteiger partial charge in [0.05, 0.1) is 17.6 Å². The normalized spacial score (nSPS) is 11.5. The van der Waals surface area contributed by atoms with Crippen molar-refractivity contribution in [3.63, 3.8) is 0 Å². The molecule has 5 rings (SSSR count). The number of nitrogen functional groups attached to an aromatic ring is 1. The van der Waals surface area contributed by atoms with Crippen molar-refractivity contribution in [3.8, 4) is 28.0 Å². The molecule has 0 unspecified atom stereocenters. The predicted octanol–water partition coefficient (Wildman–Crippen LogP) is 5.20. The summed E-state index contributed by atoms with van der Waals surface area (Å²) in [6.45, 7) is 1.89. The summed E-state index contributed by atoms with van der Waals surface area (Å²) in [6.07, 6.45) is 3.06. The summed E-state index contributed by atoms with van der Waals surface area (Å²) in [7, 11) is -2.42. The molecule has 0 bridgehead atoms. The smallest absolute Gasteiger partial charge is 0.337 e. The molecule has 3 N–H and O–H groups in total. The number of hydrogen-bond donors (Lipinski definition) is 2. The molecule has 0 aliphatic heterocycles. The number of ether oxygens (including phenoxy) is 1. The SMILES string of the molecule is COc1ccccc1-c1cn(S(=O)(=O)c2ccc(C)cc2)c2ncc(-c3ccc(N)c(C(=O)O)c3)cc12. The van der Waals surface area contributed by atoms with Crippen molar-refractivity contribution in [2.24, 2.45) is 0 Å². The van der Waals surface area contributed by atoms with Gasteiger partial charge in [-0.1, -0.05) is 42.0 Å². The van der Waals surface area contributed by atoms with Gasteiger partial charge in [-0.2, -0.15) is 0 Å². The van der Waals surface area contributed by atoms with E-state index >= 15 is 0 Å². The van der Waals surface area contributed by atoms with Crippen LogP contribution in [0.5, 0.6) is 5.75 Å². The minimum Gasteiger partial charge on any atom is -0.496 e. The molecule has 9 heteroatoms. The lowest BCUT2D eigenvalue weighted by atomic mass is 10.00. The average molecular weight is 514 g/mol. The highest BCUT2D eigenvalue weighted by atomic mass is 32.2. The summed E-state index contributed by atoms with van der Waals surface area (Å²) in [5.41, 5.74) is 9.61. The first kappa shape index (κ1) is 24.1. The first-order chi connectivity index (χ1) is 17.7. The zero-order valence-electron chi connectivity index (χ0n) is 20.0. The number of rotatable bonds is 6. The van der Waals surface area contributed by atoms with Crippen LogP contribution in [0.2, 0.25) is 0 Å². The Kier molecular flexibility index (Phi) is 5.93. The van der Waals surface area contributed by atoms with Crippen molar-refractivity contribution in [3.05, 3.63) is 96.3 Å². The highest BCUT2D eigenvalue weighted by Gasteiger charge is 2.24. The number of pyridine rings is 1. The number of carboxylic acid groups (broad SMARTS) is 1. The maximum Gasteiger partial charge on any atom is 0.337 e. The van der Waals surface area contributed by atoms with Crippen molar-refractivity contribution in [2.75, 3.05) is 12.8 Å². The van der Waals surface area contributed by atoms with Gasteiger partial charge in [0.2, 0.25) is 0 Å². The van der Waals surface area contributed by atoms with Gasteiger partial charge in [-0.15, -0.1) is 0 Å². The highest BCUT2D eigenvalue weighted by Crippen LogP contribution is 2.38. The second kappa shape index (κ2) is 9.11. The monoisotopic (exact) mass is 513 g/mol. The van der Waals surface area contributed by atoms with E-state index in [1.54, 1.807) is 55.8 Å². The molecular weight excluding hydrogens is 490 g/mol. The molecule has 8 nitrogen and oxygen atoms in total. The molecule has 3 aromatic carbocycles. The van der Waals surface area contributed by atoms with Crippen LogP contribution >= 0.6 is 0 Å². The number of aromatic carboxylic acids is 1. The number of aromatic nitrogens is 2. The molecule has 0 amide bonds. The van der Waals surface area contributed by atoms with Crippen LogP contribution in [-0.4, -0.2) is 35.6 Å². The molecule has 2 heterocycles. The Morgan fingerprint density at radius 3 is 2.41 bits per heavy atom. The molecule has 0 aliphatic rings. The van der Waals surface area contributed by atoms with E-state index in [9.17, 15) is 18.3 Å². The van der Waals surface area contributed by atoms with Gasteiger partial charge in [-0.3, -0.25) is 0 Å². The number of fused-ring (bicyclic) bond motifs is 1. The zero-order valence-corrected chi connectivity index (χ0v) is 20.9. The van der Waals surface area contributed by atoms with E-state index in [-0.39, 0.29) is 21.8 Å². The van der Waals surface area contributed by atoms with E-state index in [2.05, 4.69) is 4.98 Å². The number of carboxylic acids is 1. The topological polar surface area (TPSA) is 125 Å². The Morgan fingerprint density at radius 2 is 1.70 bits per heavy atom. The van der Waals surface area contributed by atoms with Crippen LogP contribution in [0, 0.1) is 6.92 Å². The largest absolute Gasteiger partial charge is 0.496 e. The van der Waals surface area contributed by atoms with Crippen LogP contribution in [0.25, 0.3) is 33.3 Å². The van der Waals surface area contributed by atoms with Crippen molar-refractivity contribution >= 4 is 32.7 Å². The van der Waals surface area contributed by atoms with Gasteiger partial charge in [0.15, 0.2) is 5.65 Å². The van der Waals surface area contributed by atoms with Gasteiger partial charge < -0.3 is 15.6 Å². The fourth-order valence-corrected chi connectivity index (χ4v) is 5.57. The van der Waals surface area contributed by atoms with Crippen LogP contribution in [0.15, 0.2) is 90.1 Å². The van der Waals surface area contributed by atoms with Crippen LogP contribution in [0.4, 0.5) is 5.69 Å². The summed E-state index contributed by atoms with van der Waals surface area (Å²) < 4.78 is 34.1. The predicted molar refractivity (Wildman–Crippen MR) is 142 cm³/mol. The van der Waals surface area contributed by atoms with E-state index in [1.807, 2.05) is 25.1 Å². The number of methoxy groups -OCH3 is 1. The lowest BCUT2D eigenvalue weighted by Crippen LogP contribution is -2.12. The Morgan fingerprint density at radius 1 is 0.973 bits per heavy atom. The van der Waals surface area contributed by atoms with Gasteiger partial charge in [0.1, 0.15) is 5.75 Å². The summed E-state index contributed by atoms with van der Waals surface area (Å²) in [5.74, 6) is -0.571. The molecule has 0 atom stereocenters. The number of anilines is 1. The summed E-state index contributed by atoms with van der Waals surface area (Å²) >= 11 is 0. The molecule has 2 aromatic heterocycles. The number of para-hydroxylation sites is 1. The van der Waals surface area contributed by atoms with Crippen LogP contribution in [0.3, 0.4) is 0 Å². The third kappa shape index (κ3) is 4.19. The summed E-state index contributed by atoms with van der Waals surface area (Å²) in [6, 6.07) is 20.4. The molecular formula is C28H23N3O5S. The fraction of sp³-hybridized carbons (Fsp3) is 0.0714. The van der Waals surface area contributed by atoms with E-state index < -0.39 is 16.0 Å². The molecule has 37 heavy (non-hydrogen) atoms. The van der Waals surface area contributed by atoms with Crippen LogP contribution in [-0.2, 0) is 10.0 Å². The average Bonchev–Trinajstić information content (AvgIpc) is 3.28. The molecule has 186 valence electrons. The first-order valence-corrected chi connectivity index (χ1v) is 12.7. The molecule has 0 fully saturated rings. The van der Waals surface area contributed by atoms with Crippen molar-refractivity contribution in [1.29, 1.82) is 0 Å². The van der Waals surface area contributed by atoms with E-state index in [1.165, 1.54) is 22.3 Å². The minimum atomic E-state index is -3.97. The Labute approximate surface area is 213 Å². The highest BCUT2D eigenvalue weighted by molar-refractivity contribution is 7.90. The lowest BCUT2D eigenvalue weighted by Gasteiger charge is -2.09. The van der Waals surface area contributed by atoms with E-state index in [0.717, 1.165) is 5.56 Å². The molecule has 0 radical (unpaired) electrons. The maximum atomic E-state index is 13.7. The maximum absolute atomic E-state index is 13.7. The van der Waals surface area contributed by atoms with Gasteiger partial charge >= 0.3 is 5.97 Å². The summed E-state index contributed by atoms with van der Waals surface area (Å²) in [5, 5.41) is 10.1. The second-order valence-electron chi connectivity index (χ2n) is 8.56. The van der Waals surface area contributed by atoms with Gasteiger partial charge in [-0.25, -0.2) is 22.2 Å². The molecule has 0 saturated carbocycles. The second-order valence-corrected chi connectivity index (χ2v) is 10.4. The van der Waals surface area contributed by atoms with Crippen molar-refractivity contribution in [1.82, 2.24) is 8.96 Å². The Balaban J connectivity index is 1.79. The number of benzene rings is 3. The molecule has 0 aliphatic carbocycles. The number of nitrogens with zero attached hydrogens (tertiary/aromatic N) is 2. The first-order valence-electron chi connectivity index (χ1n) is 11.3. The standard InChI is InChI=1S/C28H23N3O5S/c1-17-7-10-20(11-8-17)37(34,35)31-16-24(21-5-3-4-6-26(21)36-2)22-14-19(15-30-27(22)31)18-9-12-25(29)23(13-18)28(32)33/h3-16H,29H2,1-2H3,(H,32,33). The zero-order chi connectivity index (χ0) is 26.3.